The van der Waals surface area contributed by atoms with E-state index in [9.17, 15) is 4.79 Å². The molecule has 1 saturated heterocycles. The first-order chi connectivity index (χ1) is 14.5. The number of fused-ring (bicyclic) bond motifs is 1. The number of likely N-dealkylation sites (N-methyl/N-ethyl adjacent to an activating group) is 2. The number of rotatable bonds is 6. The van der Waals surface area contributed by atoms with Gasteiger partial charge >= 0.3 is 0 Å². The maximum atomic E-state index is 12.1. The molecule has 30 heavy (non-hydrogen) atoms. The van der Waals surface area contributed by atoms with Crippen LogP contribution in [0.2, 0.25) is 0 Å². The molecule has 0 aliphatic carbocycles. The lowest BCUT2D eigenvalue weighted by Crippen LogP contribution is -2.44. The smallest absolute Gasteiger partial charge is 0.250 e. The minimum atomic E-state index is -0.0811. The number of anilines is 1. The van der Waals surface area contributed by atoms with Gasteiger partial charge in [0.15, 0.2) is 0 Å². The highest BCUT2D eigenvalue weighted by Crippen LogP contribution is 2.20. The summed E-state index contributed by atoms with van der Waals surface area (Å²) in [5, 5.41) is 1.25. The number of amides is 1. The molecule has 7 heteroatoms. The number of nitrogens with zero attached hydrogens (tertiary/aromatic N) is 5. The van der Waals surface area contributed by atoms with Gasteiger partial charge in [-0.05, 0) is 42.4 Å². The number of hydrogen-bond acceptors (Lipinski definition) is 5. The topological polar surface area (TPSA) is 53.8 Å². The van der Waals surface area contributed by atoms with Crippen LogP contribution in [-0.4, -0.2) is 72.8 Å². The predicted octanol–water partition coefficient (Wildman–Crippen LogP) is 2.40. The molecular formula is C23H29N5O2. The van der Waals surface area contributed by atoms with Crippen molar-refractivity contribution in [2.75, 3.05) is 52.3 Å². The van der Waals surface area contributed by atoms with Crippen LogP contribution in [0.1, 0.15) is 11.1 Å². The molecular weight excluding hydrogens is 378 g/mol. The summed E-state index contributed by atoms with van der Waals surface area (Å²) in [7, 11) is 5.29. The second kappa shape index (κ2) is 8.85. The quantitative estimate of drug-likeness (QED) is 0.588. The number of hydroxylamine groups is 2. The van der Waals surface area contributed by atoms with Gasteiger partial charge in [-0.2, -0.15) is 0 Å². The number of carbonyl (C=O) groups is 1. The Hall–Kier alpha value is -2.90. The minimum absolute atomic E-state index is 0.0811. The Morgan fingerprint density at radius 1 is 1.07 bits per heavy atom. The first-order valence-electron chi connectivity index (χ1n) is 10.3. The van der Waals surface area contributed by atoms with Gasteiger partial charge < -0.3 is 14.4 Å². The molecule has 0 saturated carbocycles. The molecule has 3 aromatic rings. The minimum Gasteiger partial charge on any atom is -0.369 e. The summed E-state index contributed by atoms with van der Waals surface area (Å²) < 4.78 is 2.13. The molecule has 1 amide bonds. The summed E-state index contributed by atoms with van der Waals surface area (Å²) in [5.74, 6) is -0.0811. The molecule has 7 nitrogen and oxygen atoms in total. The van der Waals surface area contributed by atoms with Gasteiger partial charge in [0.25, 0.3) is 0 Å². The van der Waals surface area contributed by atoms with E-state index in [2.05, 4.69) is 50.7 Å². The molecule has 0 unspecified atom stereocenters. The predicted molar refractivity (Wildman–Crippen MR) is 118 cm³/mol. The van der Waals surface area contributed by atoms with E-state index in [-0.39, 0.29) is 5.91 Å². The standard InChI is InChI=1S/C23H29N5O2/c1-25-10-12-27(13-11-25)20-7-4-18(5-8-20)16-28-17-24-21-9-6-19(14-22(21)28)15-23(29)26(2)30-3/h4-9,14,17H,10-13,15-16H2,1-3H3. The summed E-state index contributed by atoms with van der Waals surface area (Å²) >= 11 is 0. The van der Waals surface area contributed by atoms with Gasteiger partial charge in [0.05, 0.1) is 30.9 Å². The molecule has 0 atom stereocenters. The second-order valence-corrected chi connectivity index (χ2v) is 7.90. The van der Waals surface area contributed by atoms with Crippen LogP contribution in [0.15, 0.2) is 48.8 Å². The zero-order chi connectivity index (χ0) is 21.1. The van der Waals surface area contributed by atoms with E-state index in [1.165, 1.54) is 23.4 Å². The maximum Gasteiger partial charge on any atom is 0.250 e. The molecule has 0 spiro atoms. The Kier molecular flexibility index (Phi) is 6.01. The van der Waals surface area contributed by atoms with Crippen molar-refractivity contribution in [3.05, 3.63) is 59.9 Å². The van der Waals surface area contributed by atoms with Crippen molar-refractivity contribution in [1.82, 2.24) is 19.5 Å². The number of aromatic nitrogens is 2. The van der Waals surface area contributed by atoms with Gasteiger partial charge in [0, 0.05) is 45.5 Å². The zero-order valence-corrected chi connectivity index (χ0v) is 17.9. The van der Waals surface area contributed by atoms with Crippen LogP contribution >= 0.6 is 0 Å². The van der Waals surface area contributed by atoms with Crippen LogP contribution in [0, 0.1) is 0 Å². The van der Waals surface area contributed by atoms with Gasteiger partial charge in [-0.25, -0.2) is 10.0 Å². The average molecular weight is 408 g/mol. The van der Waals surface area contributed by atoms with Crippen LogP contribution in [0.25, 0.3) is 11.0 Å². The molecule has 2 aromatic carbocycles. The second-order valence-electron chi connectivity index (χ2n) is 7.90. The fraction of sp³-hybridized carbons (Fsp3) is 0.391. The molecule has 1 aliphatic rings. The van der Waals surface area contributed by atoms with Crippen LogP contribution in [0.4, 0.5) is 5.69 Å². The molecule has 1 aromatic heterocycles. The summed E-state index contributed by atoms with van der Waals surface area (Å²) in [6.45, 7) is 5.10. The Labute approximate surface area is 177 Å². The van der Waals surface area contributed by atoms with Crippen molar-refractivity contribution >= 4 is 22.6 Å². The van der Waals surface area contributed by atoms with Crippen molar-refractivity contribution in [3.63, 3.8) is 0 Å². The van der Waals surface area contributed by atoms with Crippen molar-refractivity contribution in [3.8, 4) is 0 Å². The highest BCUT2D eigenvalue weighted by atomic mass is 16.7. The molecule has 4 rings (SSSR count). The third-order valence-electron chi connectivity index (χ3n) is 5.82. The summed E-state index contributed by atoms with van der Waals surface area (Å²) in [5.41, 5.74) is 5.42. The lowest BCUT2D eigenvalue weighted by atomic mass is 10.1. The molecule has 0 N–H and O–H groups in total. The van der Waals surface area contributed by atoms with Crippen molar-refractivity contribution in [2.45, 2.75) is 13.0 Å². The highest BCUT2D eigenvalue weighted by molar-refractivity contribution is 5.81. The van der Waals surface area contributed by atoms with Crippen molar-refractivity contribution in [2.24, 2.45) is 0 Å². The van der Waals surface area contributed by atoms with Gasteiger partial charge in [-0.3, -0.25) is 9.63 Å². The maximum absolute atomic E-state index is 12.1. The number of carbonyl (C=O) groups excluding carboxylic acids is 1. The number of piperazine rings is 1. The summed E-state index contributed by atoms with van der Waals surface area (Å²) in [6.07, 6.45) is 2.16. The lowest BCUT2D eigenvalue weighted by molar-refractivity contribution is -0.167. The van der Waals surface area contributed by atoms with E-state index in [0.29, 0.717) is 6.42 Å². The van der Waals surface area contributed by atoms with Crippen LogP contribution in [-0.2, 0) is 22.6 Å². The number of hydrogen-bond donors (Lipinski definition) is 0. The molecule has 2 heterocycles. The van der Waals surface area contributed by atoms with Crippen LogP contribution in [0.3, 0.4) is 0 Å². The molecule has 0 bridgehead atoms. The molecule has 1 fully saturated rings. The van der Waals surface area contributed by atoms with Crippen LogP contribution in [0.5, 0.6) is 0 Å². The Balaban J connectivity index is 1.48. The van der Waals surface area contributed by atoms with E-state index in [1.807, 2.05) is 24.5 Å². The Bertz CT molecular complexity index is 1010. The van der Waals surface area contributed by atoms with E-state index in [1.54, 1.807) is 7.05 Å². The van der Waals surface area contributed by atoms with Gasteiger partial charge in [0.2, 0.25) is 5.91 Å². The van der Waals surface area contributed by atoms with Gasteiger partial charge in [0.1, 0.15) is 0 Å². The van der Waals surface area contributed by atoms with Crippen LogP contribution < -0.4 is 4.90 Å². The molecule has 1 aliphatic heterocycles. The fourth-order valence-corrected chi connectivity index (χ4v) is 3.80. The first-order valence-corrected chi connectivity index (χ1v) is 10.3. The van der Waals surface area contributed by atoms with E-state index in [0.717, 1.165) is 49.3 Å². The largest absolute Gasteiger partial charge is 0.369 e. The highest BCUT2D eigenvalue weighted by Gasteiger charge is 2.14. The fourth-order valence-electron chi connectivity index (χ4n) is 3.80. The van der Waals surface area contributed by atoms with E-state index >= 15 is 0 Å². The van der Waals surface area contributed by atoms with Crippen molar-refractivity contribution < 1.29 is 9.63 Å². The normalized spacial score (nSPS) is 15.0. The van der Waals surface area contributed by atoms with Crippen molar-refractivity contribution in [1.29, 1.82) is 0 Å². The number of benzene rings is 2. The Morgan fingerprint density at radius 2 is 1.77 bits per heavy atom. The van der Waals surface area contributed by atoms with Gasteiger partial charge in [-0.1, -0.05) is 18.2 Å². The molecule has 158 valence electrons. The first kappa shape index (κ1) is 20.4. The van der Waals surface area contributed by atoms with E-state index < -0.39 is 0 Å². The summed E-state index contributed by atoms with van der Waals surface area (Å²) in [4.78, 5) is 26.4. The summed E-state index contributed by atoms with van der Waals surface area (Å²) in [6, 6.07) is 14.8. The SMILES string of the molecule is CON(C)C(=O)Cc1ccc2ncn(Cc3ccc(N4CCN(C)CC4)cc3)c2c1. The Morgan fingerprint density at radius 3 is 2.47 bits per heavy atom. The third kappa shape index (κ3) is 4.47. The lowest BCUT2D eigenvalue weighted by Gasteiger charge is -2.34. The average Bonchev–Trinajstić information content (AvgIpc) is 3.16. The van der Waals surface area contributed by atoms with E-state index in [4.69, 9.17) is 4.84 Å². The third-order valence-corrected chi connectivity index (χ3v) is 5.82. The van der Waals surface area contributed by atoms with Gasteiger partial charge in [-0.15, -0.1) is 0 Å². The zero-order valence-electron chi connectivity index (χ0n) is 17.9. The number of imidazole rings is 1. The molecule has 0 radical (unpaired) electrons. The monoisotopic (exact) mass is 407 g/mol.